The van der Waals surface area contributed by atoms with Crippen LogP contribution in [0.1, 0.15) is 23.7 Å². The van der Waals surface area contributed by atoms with Gasteiger partial charge in [-0.25, -0.2) is 9.98 Å². The summed E-state index contributed by atoms with van der Waals surface area (Å²) in [6, 6.07) is 1.95. The second-order valence-corrected chi connectivity index (χ2v) is 6.59. The highest BCUT2D eigenvalue weighted by Crippen LogP contribution is 2.11. The molecule has 2 aromatic heterocycles. The normalized spacial score (nSPS) is 13.1. The number of aryl methyl sites for hydroxylation is 1. The standard InChI is InChI=1S/C15H24N6S/c1-4-16-15(19-10-14-17-9-13(3)22-14)18-8-12(2)11-21-7-5-6-20-21/h5-7,9,12H,4,8,10-11H2,1-3H3,(H2,16,18,19). The summed E-state index contributed by atoms with van der Waals surface area (Å²) in [7, 11) is 0. The van der Waals surface area contributed by atoms with Crippen molar-refractivity contribution in [2.75, 3.05) is 13.1 Å². The van der Waals surface area contributed by atoms with Gasteiger partial charge in [-0.1, -0.05) is 6.92 Å². The van der Waals surface area contributed by atoms with Crippen LogP contribution in [0.25, 0.3) is 0 Å². The lowest BCUT2D eigenvalue weighted by molar-refractivity contribution is 0.443. The zero-order valence-electron chi connectivity index (χ0n) is 13.4. The van der Waals surface area contributed by atoms with Crippen molar-refractivity contribution in [2.45, 2.75) is 33.9 Å². The minimum atomic E-state index is 0.464. The monoisotopic (exact) mass is 320 g/mol. The fraction of sp³-hybridized carbons (Fsp3) is 0.533. The van der Waals surface area contributed by atoms with Gasteiger partial charge in [-0.05, 0) is 25.8 Å². The lowest BCUT2D eigenvalue weighted by Gasteiger charge is -2.15. The number of aromatic nitrogens is 3. The van der Waals surface area contributed by atoms with E-state index >= 15 is 0 Å². The molecule has 120 valence electrons. The minimum Gasteiger partial charge on any atom is -0.357 e. The molecule has 0 aromatic carbocycles. The molecule has 2 rings (SSSR count). The molecule has 1 unspecified atom stereocenters. The number of nitrogens with zero attached hydrogens (tertiary/aromatic N) is 4. The van der Waals surface area contributed by atoms with Gasteiger partial charge in [-0.15, -0.1) is 11.3 Å². The van der Waals surface area contributed by atoms with Crippen LogP contribution in [0, 0.1) is 12.8 Å². The zero-order valence-corrected chi connectivity index (χ0v) is 14.2. The number of nitrogens with one attached hydrogen (secondary N) is 2. The lowest BCUT2D eigenvalue weighted by Crippen LogP contribution is -2.40. The third kappa shape index (κ3) is 5.48. The molecule has 0 spiro atoms. The Kier molecular flexibility index (Phi) is 6.39. The molecule has 7 heteroatoms. The number of rotatable bonds is 7. The van der Waals surface area contributed by atoms with E-state index < -0.39 is 0 Å². The summed E-state index contributed by atoms with van der Waals surface area (Å²) in [5.74, 6) is 1.30. The van der Waals surface area contributed by atoms with Crippen molar-refractivity contribution in [1.82, 2.24) is 25.4 Å². The Hall–Kier alpha value is -1.89. The molecule has 0 saturated carbocycles. The highest BCUT2D eigenvalue weighted by molar-refractivity contribution is 7.11. The number of hydrogen-bond acceptors (Lipinski definition) is 4. The Morgan fingerprint density at radius 2 is 2.32 bits per heavy atom. The summed E-state index contributed by atoms with van der Waals surface area (Å²) >= 11 is 1.69. The van der Waals surface area contributed by atoms with Gasteiger partial charge in [0.2, 0.25) is 0 Å². The second kappa shape index (κ2) is 8.53. The van der Waals surface area contributed by atoms with Gasteiger partial charge in [0.05, 0.1) is 6.54 Å². The molecule has 22 heavy (non-hydrogen) atoms. The quantitative estimate of drug-likeness (QED) is 0.605. The molecular weight excluding hydrogens is 296 g/mol. The van der Waals surface area contributed by atoms with E-state index in [2.05, 4.69) is 46.5 Å². The fourth-order valence-electron chi connectivity index (χ4n) is 2.03. The molecule has 6 nitrogen and oxygen atoms in total. The van der Waals surface area contributed by atoms with E-state index in [4.69, 9.17) is 0 Å². The molecule has 0 fully saturated rings. The first-order chi connectivity index (χ1) is 10.7. The SMILES string of the molecule is CCNC(=NCc1ncc(C)s1)NCC(C)Cn1cccn1. The van der Waals surface area contributed by atoms with Crippen molar-refractivity contribution in [2.24, 2.45) is 10.9 Å². The Balaban J connectivity index is 1.82. The Morgan fingerprint density at radius 3 is 2.95 bits per heavy atom. The minimum absolute atomic E-state index is 0.464. The Bertz CT molecular complexity index is 575. The Morgan fingerprint density at radius 1 is 1.45 bits per heavy atom. The van der Waals surface area contributed by atoms with Gasteiger partial charge in [-0.3, -0.25) is 4.68 Å². The molecule has 0 radical (unpaired) electrons. The van der Waals surface area contributed by atoms with E-state index in [0.717, 1.165) is 30.6 Å². The number of hydrogen-bond donors (Lipinski definition) is 2. The van der Waals surface area contributed by atoms with Gasteiger partial charge in [-0.2, -0.15) is 5.10 Å². The molecule has 2 heterocycles. The average molecular weight is 320 g/mol. The predicted octanol–water partition coefficient (Wildman–Crippen LogP) is 2.04. The highest BCUT2D eigenvalue weighted by Gasteiger charge is 2.05. The maximum Gasteiger partial charge on any atom is 0.191 e. The highest BCUT2D eigenvalue weighted by atomic mass is 32.1. The summed E-state index contributed by atoms with van der Waals surface area (Å²) in [6.45, 7) is 9.52. The molecule has 0 aliphatic carbocycles. The van der Waals surface area contributed by atoms with Crippen LogP contribution in [-0.4, -0.2) is 33.8 Å². The van der Waals surface area contributed by atoms with E-state index in [1.807, 2.05) is 29.3 Å². The number of thiazole rings is 1. The van der Waals surface area contributed by atoms with Crippen molar-refractivity contribution >= 4 is 17.3 Å². The molecule has 0 aliphatic heterocycles. The number of guanidine groups is 1. The van der Waals surface area contributed by atoms with Crippen LogP contribution in [0.5, 0.6) is 0 Å². The van der Waals surface area contributed by atoms with Crippen LogP contribution in [0.4, 0.5) is 0 Å². The van der Waals surface area contributed by atoms with Crippen molar-refractivity contribution in [3.8, 4) is 0 Å². The smallest absolute Gasteiger partial charge is 0.191 e. The van der Waals surface area contributed by atoms with Gasteiger partial charge in [0, 0.05) is 43.1 Å². The second-order valence-electron chi connectivity index (χ2n) is 5.27. The third-order valence-corrected chi connectivity index (χ3v) is 3.96. The van der Waals surface area contributed by atoms with Crippen molar-refractivity contribution in [3.05, 3.63) is 34.5 Å². The van der Waals surface area contributed by atoms with E-state index in [1.54, 1.807) is 11.3 Å². The molecule has 0 aliphatic rings. The summed E-state index contributed by atoms with van der Waals surface area (Å²) in [5, 5.41) is 11.9. The van der Waals surface area contributed by atoms with Crippen LogP contribution in [0.2, 0.25) is 0 Å². The summed E-state index contributed by atoms with van der Waals surface area (Å²) in [5.41, 5.74) is 0. The summed E-state index contributed by atoms with van der Waals surface area (Å²) in [4.78, 5) is 10.1. The fourth-order valence-corrected chi connectivity index (χ4v) is 2.74. The molecular formula is C15H24N6S. The van der Waals surface area contributed by atoms with E-state index in [9.17, 15) is 0 Å². The average Bonchev–Trinajstić information content (AvgIpc) is 3.13. The van der Waals surface area contributed by atoms with Crippen LogP contribution in [0.15, 0.2) is 29.6 Å². The van der Waals surface area contributed by atoms with Gasteiger partial charge >= 0.3 is 0 Å². The lowest BCUT2D eigenvalue weighted by atomic mass is 10.2. The van der Waals surface area contributed by atoms with Gasteiger partial charge in [0.25, 0.3) is 0 Å². The van der Waals surface area contributed by atoms with Gasteiger partial charge in [0.15, 0.2) is 5.96 Å². The maximum atomic E-state index is 4.59. The number of aliphatic imine (C=N–C) groups is 1. The van der Waals surface area contributed by atoms with Crippen molar-refractivity contribution in [1.29, 1.82) is 0 Å². The summed E-state index contributed by atoms with van der Waals surface area (Å²) in [6.07, 6.45) is 5.68. The molecule has 1 atom stereocenters. The third-order valence-electron chi connectivity index (χ3n) is 3.06. The van der Waals surface area contributed by atoms with E-state index in [-0.39, 0.29) is 0 Å². The van der Waals surface area contributed by atoms with Crippen LogP contribution < -0.4 is 10.6 Å². The zero-order chi connectivity index (χ0) is 15.8. The van der Waals surface area contributed by atoms with Crippen LogP contribution >= 0.6 is 11.3 Å². The molecule has 2 N–H and O–H groups in total. The van der Waals surface area contributed by atoms with E-state index in [0.29, 0.717) is 12.5 Å². The first-order valence-electron chi connectivity index (χ1n) is 7.58. The van der Waals surface area contributed by atoms with Crippen molar-refractivity contribution < 1.29 is 0 Å². The topological polar surface area (TPSA) is 67.1 Å². The largest absolute Gasteiger partial charge is 0.357 e. The molecule has 2 aromatic rings. The van der Waals surface area contributed by atoms with Gasteiger partial charge < -0.3 is 10.6 Å². The molecule has 0 saturated heterocycles. The van der Waals surface area contributed by atoms with Crippen LogP contribution in [0.3, 0.4) is 0 Å². The predicted molar refractivity (Wildman–Crippen MR) is 91.1 cm³/mol. The van der Waals surface area contributed by atoms with Gasteiger partial charge in [0.1, 0.15) is 5.01 Å². The first-order valence-corrected chi connectivity index (χ1v) is 8.40. The van der Waals surface area contributed by atoms with Crippen LogP contribution in [-0.2, 0) is 13.1 Å². The molecule has 0 bridgehead atoms. The van der Waals surface area contributed by atoms with Crippen molar-refractivity contribution in [3.63, 3.8) is 0 Å². The first kappa shape index (κ1) is 16.5. The molecule has 0 amide bonds. The summed E-state index contributed by atoms with van der Waals surface area (Å²) < 4.78 is 1.95. The maximum absolute atomic E-state index is 4.59. The van der Waals surface area contributed by atoms with E-state index in [1.165, 1.54) is 4.88 Å². The Labute approximate surface area is 135 Å².